The second kappa shape index (κ2) is 5.47. The summed E-state index contributed by atoms with van der Waals surface area (Å²) >= 11 is 5.78. The molecule has 1 saturated carbocycles. The minimum Gasteiger partial charge on any atom is -0.329 e. The highest BCUT2D eigenvalue weighted by atomic mass is 35.5. The van der Waals surface area contributed by atoms with Gasteiger partial charge in [0.15, 0.2) is 0 Å². The summed E-state index contributed by atoms with van der Waals surface area (Å²) in [6, 6.07) is 5.67. The van der Waals surface area contributed by atoms with Gasteiger partial charge in [0.25, 0.3) is 0 Å². The van der Waals surface area contributed by atoms with E-state index in [-0.39, 0.29) is 28.1 Å². The van der Waals surface area contributed by atoms with Crippen molar-refractivity contribution < 1.29 is 8.42 Å². The standard InChI is InChI=1S/C12H14ClN3O2S/c13-11-4-3-10(5-9(11)6-14)19(17,18)16-12(7-15)8-1-2-8/h3-5,8,12,16H,1-2,7,15H2. The minimum absolute atomic E-state index is 0.0348. The zero-order valence-corrected chi connectivity index (χ0v) is 11.7. The Bertz CT molecular complexity index is 620. The third-order valence-corrected chi connectivity index (χ3v) is 4.94. The molecule has 0 amide bonds. The summed E-state index contributed by atoms with van der Waals surface area (Å²) in [5.74, 6) is 0.322. The average Bonchev–Trinajstić information content (AvgIpc) is 3.20. The maximum Gasteiger partial charge on any atom is 0.240 e. The van der Waals surface area contributed by atoms with Gasteiger partial charge in [0.2, 0.25) is 10.0 Å². The number of halogens is 1. The van der Waals surface area contributed by atoms with Crippen molar-refractivity contribution in [1.29, 1.82) is 5.26 Å². The predicted octanol–water partition coefficient (Wildman–Crippen LogP) is 1.23. The molecule has 0 aromatic heterocycles. The number of hydrogen-bond acceptors (Lipinski definition) is 4. The van der Waals surface area contributed by atoms with Crippen molar-refractivity contribution >= 4 is 21.6 Å². The maximum atomic E-state index is 12.2. The zero-order valence-electron chi connectivity index (χ0n) is 10.1. The maximum absolute atomic E-state index is 12.2. The number of nitriles is 1. The van der Waals surface area contributed by atoms with Gasteiger partial charge < -0.3 is 5.73 Å². The van der Waals surface area contributed by atoms with E-state index >= 15 is 0 Å². The van der Waals surface area contributed by atoms with Gasteiger partial charge in [-0.1, -0.05) is 11.6 Å². The second-order valence-electron chi connectivity index (χ2n) is 4.55. The van der Waals surface area contributed by atoms with E-state index in [2.05, 4.69) is 4.72 Å². The van der Waals surface area contributed by atoms with Crippen LogP contribution in [0.5, 0.6) is 0 Å². The van der Waals surface area contributed by atoms with E-state index in [1.807, 2.05) is 6.07 Å². The molecule has 0 radical (unpaired) electrons. The fourth-order valence-electron chi connectivity index (χ4n) is 1.86. The van der Waals surface area contributed by atoms with Gasteiger partial charge in [0.1, 0.15) is 6.07 Å². The number of sulfonamides is 1. The van der Waals surface area contributed by atoms with E-state index in [4.69, 9.17) is 22.6 Å². The van der Waals surface area contributed by atoms with Crippen LogP contribution in [0.2, 0.25) is 5.02 Å². The lowest BCUT2D eigenvalue weighted by Crippen LogP contribution is -2.41. The van der Waals surface area contributed by atoms with Gasteiger partial charge in [-0.05, 0) is 37.0 Å². The third-order valence-electron chi connectivity index (χ3n) is 3.12. The molecular weight excluding hydrogens is 286 g/mol. The van der Waals surface area contributed by atoms with Crippen molar-refractivity contribution in [2.24, 2.45) is 11.7 Å². The Morgan fingerprint density at radius 2 is 2.21 bits per heavy atom. The van der Waals surface area contributed by atoms with Crippen molar-refractivity contribution in [3.63, 3.8) is 0 Å². The summed E-state index contributed by atoms with van der Waals surface area (Å²) in [4.78, 5) is 0.0348. The van der Waals surface area contributed by atoms with Gasteiger partial charge in [0, 0.05) is 12.6 Å². The molecule has 0 saturated heterocycles. The highest BCUT2D eigenvalue weighted by Gasteiger charge is 2.33. The summed E-state index contributed by atoms with van der Waals surface area (Å²) in [7, 11) is -3.67. The highest BCUT2D eigenvalue weighted by Crippen LogP contribution is 2.33. The molecule has 102 valence electrons. The first kappa shape index (κ1) is 14.3. The van der Waals surface area contributed by atoms with E-state index in [0.29, 0.717) is 5.92 Å². The number of nitrogens with two attached hydrogens (primary N) is 1. The molecule has 1 aliphatic carbocycles. The number of nitrogens with one attached hydrogen (secondary N) is 1. The molecule has 19 heavy (non-hydrogen) atoms. The van der Waals surface area contributed by atoms with Gasteiger partial charge in [-0.25, -0.2) is 13.1 Å². The predicted molar refractivity (Wildman–Crippen MR) is 72.1 cm³/mol. The highest BCUT2D eigenvalue weighted by molar-refractivity contribution is 7.89. The van der Waals surface area contributed by atoms with E-state index in [1.54, 1.807) is 0 Å². The van der Waals surface area contributed by atoms with Crippen LogP contribution in [0, 0.1) is 17.2 Å². The summed E-state index contributed by atoms with van der Waals surface area (Å²) in [5, 5.41) is 9.10. The summed E-state index contributed by atoms with van der Waals surface area (Å²) in [5.41, 5.74) is 5.72. The van der Waals surface area contributed by atoms with E-state index in [0.717, 1.165) is 12.8 Å². The fourth-order valence-corrected chi connectivity index (χ4v) is 3.36. The Kier molecular flexibility index (Phi) is 4.11. The zero-order chi connectivity index (χ0) is 14.0. The first-order valence-electron chi connectivity index (χ1n) is 5.90. The van der Waals surface area contributed by atoms with Gasteiger partial charge in [-0.3, -0.25) is 0 Å². The van der Waals surface area contributed by atoms with Crippen LogP contribution in [0.3, 0.4) is 0 Å². The molecule has 0 heterocycles. The van der Waals surface area contributed by atoms with Crippen LogP contribution in [0.1, 0.15) is 18.4 Å². The molecule has 7 heteroatoms. The largest absolute Gasteiger partial charge is 0.329 e. The quantitative estimate of drug-likeness (QED) is 0.854. The van der Waals surface area contributed by atoms with Crippen molar-refractivity contribution in [2.45, 2.75) is 23.8 Å². The average molecular weight is 300 g/mol. The number of nitrogens with zero attached hydrogens (tertiary/aromatic N) is 1. The van der Waals surface area contributed by atoms with Gasteiger partial charge >= 0.3 is 0 Å². The normalized spacial score (nSPS) is 16.9. The van der Waals surface area contributed by atoms with Crippen molar-refractivity contribution in [2.75, 3.05) is 6.54 Å². The lowest BCUT2D eigenvalue weighted by Gasteiger charge is -2.16. The molecule has 1 fully saturated rings. The lowest BCUT2D eigenvalue weighted by atomic mass is 10.2. The molecule has 1 atom stereocenters. The van der Waals surface area contributed by atoms with Crippen LogP contribution in [0.25, 0.3) is 0 Å². The molecule has 1 aromatic carbocycles. The molecule has 0 aliphatic heterocycles. The Labute approximate surface area is 117 Å². The number of benzene rings is 1. The second-order valence-corrected chi connectivity index (χ2v) is 6.68. The third kappa shape index (κ3) is 3.25. The Hall–Kier alpha value is -1.13. The van der Waals surface area contributed by atoms with E-state index in [1.165, 1.54) is 18.2 Å². The smallest absolute Gasteiger partial charge is 0.240 e. The molecule has 0 bridgehead atoms. The lowest BCUT2D eigenvalue weighted by molar-refractivity contribution is 0.519. The van der Waals surface area contributed by atoms with E-state index in [9.17, 15) is 8.42 Å². The van der Waals surface area contributed by atoms with Crippen molar-refractivity contribution in [1.82, 2.24) is 4.72 Å². The van der Waals surface area contributed by atoms with Gasteiger partial charge in [-0.2, -0.15) is 5.26 Å². The van der Waals surface area contributed by atoms with E-state index < -0.39 is 10.0 Å². The van der Waals surface area contributed by atoms with Crippen LogP contribution in [0.4, 0.5) is 0 Å². The molecule has 5 nitrogen and oxygen atoms in total. The van der Waals surface area contributed by atoms with Crippen LogP contribution < -0.4 is 10.5 Å². The Balaban J connectivity index is 2.26. The van der Waals surface area contributed by atoms with Crippen LogP contribution in [0.15, 0.2) is 23.1 Å². The van der Waals surface area contributed by atoms with Crippen molar-refractivity contribution in [3.05, 3.63) is 28.8 Å². The minimum atomic E-state index is -3.67. The fraction of sp³-hybridized carbons (Fsp3) is 0.417. The molecule has 2 rings (SSSR count). The van der Waals surface area contributed by atoms with Crippen molar-refractivity contribution in [3.8, 4) is 6.07 Å². The molecule has 0 spiro atoms. The first-order valence-corrected chi connectivity index (χ1v) is 7.76. The molecule has 1 unspecified atom stereocenters. The summed E-state index contributed by atoms with van der Waals surface area (Å²) in [6.45, 7) is 0.266. The van der Waals surface area contributed by atoms with Crippen LogP contribution >= 0.6 is 11.6 Å². The summed E-state index contributed by atoms with van der Waals surface area (Å²) in [6.07, 6.45) is 1.99. The molecular formula is C12H14ClN3O2S. The molecule has 1 aromatic rings. The topological polar surface area (TPSA) is 96.0 Å². The number of rotatable bonds is 5. The number of hydrogen-bond donors (Lipinski definition) is 2. The van der Waals surface area contributed by atoms with Crippen LogP contribution in [-0.2, 0) is 10.0 Å². The summed E-state index contributed by atoms with van der Waals surface area (Å²) < 4.78 is 27.0. The van der Waals surface area contributed by atoms with Gasteiger partial charge in [-0.15, -0.1) is 0 Å². The first-order chi connectivity index (χ1) is 8.97. The van der Waals surface area contributed by atoms with Crippen LogP contribution in [-0.4, -0.2) is 21.0 Å². The Morgan fingerprint density at radius 3 is 2.74 bits per heavy atom. The molecule has 3 N–H and O–H groups in total. The monoisotopic (exact) mass is 299 g/mol. The SMILES string of the molecule is N#Cc1cc(S(=O)(=O)NC(CN)C2CC2)ccc1Cl. The molecule has 1 aliphatic rings. The Morgan fingerprint density at radius 1 is 1.53 bits per heavy atom. The van der Waals surface area contributed by atoms with Gasteiger partial charge in [0.05, 0.1) is 15.5 Å².